The largest absolute Gasteiger partial charge is 0.449 e. The Balaban J connectivity index is 2.50. The molecule has 0 saturated heterocycles. The van der Waals surface area contributed by atoms with Crippen molar-refractivity contribution in [3.05, 3.63) is 48.4 Å². The average molecular weight is 335 g/mol. The first-order valence-corrected chi connectivity index (χ1v) is 7.84. The predicted octanol–water partition coefficient (Wildman–Crippen LogP) is 2.91. The lowest BCUT2D eigenvalue weighted by Gasteiger charge is -2.13. The first-order valence-electron chi connectivity index (χ1n) is 6.02. The number of nitrogens with zero attached hydrogens (tertiary/aromatic N) is 2. The molecule has 1 heterocycles. The fourth-order valence-electron chi connectivity index (χ4n) is 1.91. The predicted molar refractivity (Wildman–Crippen MR) is 71.8 cm³/mol. The zero-order valence-corrected chi connectivity index (χ0v) is 12.0. The molecule has 0 amide bonds. The van der Waals surface area contributed by atoms with Crippen LogP contribution in [-0.4, -0.2) is 23.7 Å². The summed E-state index contributed by atoms with van der Waals surface area (Å²) in [7, 11) is -3.69. The van der Waals surface area contributed by atoms with Crippen molar-refractivity contribution in [1.29, 1.82) is 0 Å². The Morgan fingerprint density at radius 2 is 1.77 bits per heavy atom. The van der Waals surface area contributed by atoms with Gasteiger partial charge < -0.3 is 4.57 Å². The van der Waals surface area contributed by atoms with Crippen LogP contribution < -0.4 is 0 Å². The second kappa shape index (κ2) is 5.71. The summed E-state index contributed by atoms with van der Waals surface area (Å²) in [4.78, 5) is 3.32. The van der Waals surface area contributed by atoms with Gasteiger partial charge in [-0.05, 0) is 29.8 Å². The highest BCUT2D eigenvalue weighted by Gasteiger charge is 2.37. The van der Waals surface area contributed by atoms with E-state index in [1.807, 2.05) is 0 Å². The van der Waals surface area contributed by atoms with Crippen molar-refractivity contribution in [3.63, 3.8) is 0 Å². The van der Waals surface area contributed by atoms with E-state index in [2.05, 4.69) is 11.2 Å². The van der Waals surface area contributed by atoms with Crippen molar-refractivity contribution in [1.82, 2.24) is 9.55 Å². The molecule has 119 valence electrons. The number of aromatic nitrogens is 2. The van der Waals surface area contributed by atoms with Gasteiger partial charge in [0.25, 0.3) is 0 Å². The fourth-order valence-corrected chi connectivity index (χ4v) is 2.37. The number of alkyl halides is 3. The maximum Gasteiger partial charge on any atom is 0.449 e. The lowest BCUT2D eigenvalue weighted by Crippen LogP contribution is -2.19. The zero-order chi connectivity index (χ0) is 16.5. The number of imidazole rings is 1. The Kier molecular flexibility index (Phi) is 4.28. The molecule has 0 bridgehead atoms. The van der Waals surface area contributed by atoms with E-state index < -0.39 is 40.0 Å². The van der Waals surface area contributed by atoms with Crippen LogP contribution in [0.4, 0.5) is 17.6 Å². The lowest BCUT2D eigenvalue weighted by molar-refractivity contribution is -0.147. The summed E-state index contributed by atoms with van der Waals surface area (Å²) in [6.45, 7) is -0.451. The molecule has 0 aliphatic heterocycles. The molecule has 0 atom stereocenters. The van der Waals surface area contributed by atoms with Gasteiger partial charge >= 0.3 is 6.18 Å². The maximum absolute atomic E-state index is 13.0. The Bertz CT molecular complexity index is 764. The Morgan fingerprint density at radius 3 is 2.27 bits per heavy atom. The minimum atomic E-state index is -4.73. The van der Waals surface area contributed by atoms with Crippen LogP contribution >= 0.6 is 0 Å². The third-order valence-corrected chi connectivity index (χ3v) is 3.68. The monoisotopic (exact) mass is 335 g/mol. The van der Waals surface area contributed by atoms with Crippen molar-refractivity contribution in [2.75, 3.05) is 5.75 Å². The Labute approximate surface area is 124 Å². The van der Waals surface area contributed by atoms with Gasteiger partial charge in [-0.3, -0.25) is 0 Å². The van der Waals surface area contributed by atoms with E-state index in [0.29, 0.717) is 5.56 Å². The van der Waals surface area contributed by atoms with E-state index >= 15 is 0 Å². The molecule has 0 aliphatic carbocycles. The number of sulfone groups is 1. The van der Waals surface area contributed by atoms with E-state index in [1.54, 1.807) is 0 Å². The lowest BCUT2D eigenvalue weighted by atomic mass is 10.1. The van der Waals surface area contributed by atoms with Crippen molar-refractivity contribution >= 4 is 9.84 Å². The molecule has 1 radical (unpaired) electrons. The van der Waals surface area contributed by atoms with Gasteiger partial charge in [0.15, 0.2) is 9.84 Å². The smallest absolute Gasteiger partial charge is 0.319 e. The van der Waals surface area contributed by atoms with Crippen molar-refractivity contribution in [2.45, 2.75) is 12.7 Å². The standard InChI is InChI=1S/C13H11F4N2O2S/c1-22(20,21)7-6-19-11(8-18-12(19)13(15,16)17)9-2-4-10(14)5-3-9/h2-5,8H,1,6-7H2. The molecule has 0 unspecified atom stereocenters. The van der Waals surface area contributed by atoms with Gasteiger partial charge in [0.2, 0.25) is 5.82 Å². The van der Waals surface area contributed by atoms with Crippen LogP contribution in [0.1, 0.15) is 5.82 Å². The Morgan fingerprint density at radius 1 is 1.18 bits per heavy atom. The molecular formula is C13H11F4N2O2S. The van der Waals surface area contributed by atoms with Crippen LogP contribution in [0.3, 0.4) is 0 Å². The van der Waals surface area contributed by atoms with Crippen molar-refractivity contribution in [3.8, 4) is 11.3 Å². The summed E-state index contributed by atoms with van der Waals surface area (Å²) in [6.07, 6.45) is -0.872. The number of halogens is 4. The molecule has 2 rings (SSSR count). The first-order chi connectivity index (χ1) is 10.1. The van der Waals surface area contributed by atoms with Crippen molar-refractivity contribution < 1.29 is 26.0 Å². The fraction of sp³-hybridized carbons (Fsp3) is 0.231. The zero-order valence-electron chi connectivity index (χ0n) is 11.1. The minimum absolute atomic E-state index is 0.0518. The first kappa shape index (κ1) is 16.5. The maximum atomic E-state index is 13.0. The number of hydrogen-bond donors (Lipinski definition) is 0. The molecule has 1 aromatic carbocycles. The van der Waals surface area contributed by atoms with Crippen LogP contribution in [0, 0.1) is 12.1 Å². The number of benzene rings is 1. The topological polar surface area (TPSA) is 52.0 Å². The molecule has 4 nitrogen and oxygen atoms in total. The average Bonchev–Trinajstić information content (AvgIpc) is 2.80. The molecular weight excluding hydrogens is 324 g/mol. The molecule has 0 aliphatic rings. The van der Waals surface area contributed by atoms with Gasteiger partial charge in [-0.15, -0.1) is 0 Å². The van der Waals surface area contributed by atoms with E-state index in [9.17, 15) is 26.0 Å². The van der Waals surface area contributed by atoms with Gasteiger partial charge in [0, 0.05) is 6.54 Å². The molecule has 9 heteroatoms. The quantitative estimate of drug-likeness (QED) is 0.807. The molecule has 22 heavy (non-hydrogen) atoms. The second-order valence-corrected chi connectivity index (χ2v) is 6.47. The summed E-state index contributed by atoms with van der Waals surface area (Å²) < 4.78 is 74.7. The second-order valence-electron chi connectivity index (χ2n) is 4.57. The van der Waals surface area contributed by atoms with E-state index in [-0.39, 0.29) is 5.69 Å². The summed E-state index contributed by atoms with van der Waals surface area (Å²) >= 11 is 0. The van der Waals surface area contributed by atoms with Gasteiger partial charge in [-0.2, -0.15) is 13.2 Å². The minimum Gasteiger partial charge on any atom is -0.319 e. The number of hydrogen-bond acceptors (Lipinski definition) is 3. The molecule has 0 spiro atoms. The summed E-state index contributed by atoms with van der Waals surface area (Å²) in [5.41, 5.74) is 0.349. The SMILES string of the molecule is [CH2]S(=O)(=O)CCn1c(-c2ccc(F)cc2)cnc1C(F)(F)F. The molecule has 2 aromatic rings. The van der Waals surface area contributed by atoms with E-state index in [0.717, 1.165) is 22.9 Å². The van der Waals surface area contributed by atoms with Gasteiger partial charge in [-0.1, -0.05) is 0 Å². The highest BCUT2D eigenvalue weighted by Crippen LogP contribution is 2.32. The molecule has 0 saturated carbocycles. The van der Waals surface area contributed by atoms with Gasteiger partial charge in [0.05, 0.1) is 23.9 Å². The van der Waals surface area contributed by atoms with Gasteiger partial charge in [0.1, 0.15) is 5.82 Å². The normalized spacial score (nSPS) is 12.6. The molecule has 1 aromatic heterocycles. The van der Waals surface area contributed by atoms with Crippen LogP contribution in [0.5, 0.6) is 0 Å². The third-order valence-electron chi connectivity index (χ3n) is 2.88. The highest BCUT2D eigenvalue weighted by molar-refractivity contribution is 7.92. The van der Waals surface area contributed by atoms with E-state index in [1.165, 1.54) is 12.1 Å². The van der Waals surface area contributed by atoms with Crippen molar-refractivity contribution in [2.24, 2.45) is 0 Å². The summed E-state index contributed by atoms with van der Waals surface area (Å²) in [5.74, 6) is -2.32. The molecule has 0 fully saturated rings. The number of rotatable bonds is 4. The van der Waals surface area contributed by atoms with Gasteiger partial charge in [-0.25, -0.2) is 17.8 Å². The van der Waals surface area contributed by atoms with Crippen LogP contribution in [0.2, 0.25) is 0 Å². The van der Waals surface area contributed by atoms with E-state index in [4.69, 9.17) is 0 Å². The third kappa shape index (κ3) is 3.85. The van der Waals surface area contributed by atoms with Crippen LogP contribution in [0.25, 0.3) is 11.3 Å². The highest BCUT2D eigenvalue weighted by atomic mass is 32.2. The van der Waals surface area contributed by atoms with Crippen LogP contribution in [-0.2, 0) is 22.6 Å². The Hall–Kier alpha value is -1.90. The summed E-state index contributed by atoms with van der Waals surface area (Å²) in [5, 5.41) is 0. The van der Waals surface area contributed by atoms with Crippen LogP contribution in [0.15, 0.2) is 30.5 Å². The molecule has 0 N–H and O–H groups in total. The summed E-state index contributed by atoms with van der Waals surface area (Å²) in [6, 6.07) is 4.78.